The van der Waals surface area contributed by atoms with E-state index in [1.54, 1.807) is 11.8 Å². The van der Waals surface area contributed by atoms with Gasteiger partial charge < -0.3 is 16.0 Å². The second-order valence-electron chi connectivity index (χ2n) is 5.03. The highest BCUT2D eigenvalue weighted by Gasteiger charge is 2.23. The topological polar surface area (TPSA) is 61.6 Å². The van der Waals surface area contributed by atoms with Gasteiger partial charge >= 0.3 is 0 Å². The van der Waals surface area contributed by atoms with Gasteiger partial charge in [0.05, 0.1) is 6.04 Å². The van der Waals surface area contributed by atoms with E-state index in [2.05, 4.69) is 29.2 Å². The lowest BCUT2D eigenvalue weighted by Crippen LogP contribution is -2.55. The summed E-state index contributed by atoms with van der Waals surface area (Å²) in [6.45, 7) is 3.83. The molecule has 0 bridgehead atoms. The molecule has 18 heavy (non-hydrogen) atoms. The Hall–Kier alpha value is -0.300. The molecule has 0 spiro atoms. The lowest BCUT2D eigenvalue weighted by molar-refractivity contribution is -0.122. The van der Waals surface area contributed by atoms with Crippen LogP contribution in [0.3, 0.4) is 0 Å². The normalized spacial score (nSPS) is 23.9. The van der Waals surface area contributed by atoms with Gasteiger partial charge in [-0.25, -0.2) is 0 Å². The lowest BCUT2D eigenvalue weighted by Gasteiger charge is -2.37. The van der Waals surface area contributed by atoms with Crippen LogP contribution in [0.4, 0.5) is 0 Å². The van der Waals surface area contributed by atoms with E-state index in [4.69, 9.17) is 5.73 Å². The van der Waals surface area contributed by atoms with E-state index < -0.39 is 0 Å². The average Bonchev–Trinajstić information content (AvgIpc) is 2.36. The van der Waals surface area contributed by atoms with Crippen LogP contribution >= 0.6 is 11.8 Å². The Morgan fingerprint density at radius 3 is 2.89 bits per heavy atom. The third kappa shape index (κ3) is 5.14. The smallest absolute Gasteiger partial charge is 0.237 e. The predicted molar refractivity (Wildman–Crippen MR) is 77.9 cm³/mol. The van der Waals surface area contributed by atoms with Crippen molar-refractivity contribution in [3.8, 4) is 0 Å². The molecule has 0 aromatic carbocycles. The van der Waals surface area contributed by atoms with Crippen LogP contribution in [-0.4, -0.2) is 80.1 Å². The SMILES string of the molecule is CSCC[C@@H](N)C(=O)NCC1CN(C)CCN1C. The number of rotatable bonds is 6. The number of nitrogens with zero attached hydrogens (tertiary/aromatic N) is 2. The monoisotopic (exact) mass is 274 g/mol. The fourth-order valence-electron chi connectivity index (χ4n) is 2.05. The van der Waals surface area contributed by atoms with Crippen molar-refractivity contribution in [3.63, 3.8) is 0 Å². The van der Waals surface area contributed by atoms with E-state index in [1.807, 2.05) is 6.26 Å². The van der Waals surface area contributed by atoms with Crippen molar-refractivity contribution >= 4 is 17.7 Å². The highest BCUT2D eigenvalue weighted by atomic mass is 32.2. The van der Waals surface area contributed by atoms with Gasteiger partial charge in [0.1, 0.15) is 0 Å². The zero-order valence-electron chi connectivity index (χ0n) is 11.7. The predicted octanol–water partition coefficient (Wildman–Crippen LogP) is -0.571. The molecule has 1 fully saturated rings. The third-order valence-corrected chi connectivity index (χ3v) is 4.11. The molecule has 0 saturated carbocycles. The molecule has 1 rings (SSSR count). The second-order valence-corrected chi connectivity index (χ2v) is 6.02. The zero-order chi connectivity index (χ0) is 13.5. The minimum Gasteiger partial charge on any atom is -0.353 e. The summed E-state index contributed by atoms with van der Waals surface area (Å²) in [4.78, 5) is 16.4. The molecular weight excluding hydrogens is 248 g/mol. The summed E-state index contributed by atoms with van der Waals surface area (Å²) < 4.78 is 0. The Bertz CT molecular complexity index is 264. The van der Waals surface area contributed by atoms with E-state index in [0.717, 1.165) is 31.8 Å². The number of hydrogen-bond donors (Lipinski definition) is 2. The molecule has 1 saturated heterocycles. The standard InChI is InChI=1S/C12H26N4OS/c1-15-5-6-16(2)10(9-15)8-14-12(17)11(13)4-7-18-3/h10-11H,4-9,13H2,1-3H3,(H,14,17)/t10?,11-/m1/s1. The Morgan fingerprint density at radius 1 is 1.50 bits per heavy atom. The number of likely N-dealkylation sites (N-methyl/N-ethyl adjacent to an activating group) is 2. The van der Waals surface area contributed by atoms with Gasteiger partial charge in [-0.15, -0.1) is 0 Å². The molecule has 5 nitrogen and oxygen atoms in total. The van der Waals surface area contributed by atoms with Gasteiger partial charge in [-0.3, -0.25) is 9.69 Å². The van der Waals surface area contributed by atoms with Gasteiger partial charge in [-0.1, -0.05) is 0 Å². The quantitative estimate of drug-likeness (QED) is 0.679. The van der Waals surface area contributed by atoms with Gasteiger partial charge in [0.25, 0.3) is 0 Å². The number of carbonyl (C=O) groups excluding carboxylic acids is 1. The number of nitrogens with two attached hydrogens (primary N) is 1. The molecular formula is C12H26N4OS. The molecule has 1 aliphatic heterocycles. The molecule has 0 aromatic heterocycles. The summed E-state index contributed by atoms with van der Waals surface area (Å²) in [5.41, 5.74) is 5.83. The molecule has 0 radical (unpaired) electrons. The first-order valence-corrected chi connectivity index (χ1v) is 7.85. The fourth-order valence-corrected chi connectivity index (χ4v) is 2.54. The Kier molecular flexibility index (Phi) is 6.99. The first-order valence-electron chi connectivity index (χ1n) is 6.45. The maximum Gasteiger partial charge on any atom is 0.237 e. The van der Waals surface area contributed by atoms with Crippen molar-refractivity contribution in [2.24, 2.45) is 5.73 Å². The maximum absolute atomic E-state index is 11.8. The van der Waals surface area contributed by atoms with E-state index in [9.17, 15) is 4.79 Å². The first kappa shape index (κ1) is 15.8. The van der Waals surface area contributed by atoms with Crippen LogP contribution in [0.5, 0.6) is 0 Å². The van der Waals surface area contributed by atoms with Gasteiger partial charge in [-0.2, -0.15) is 11.8 Å². The largest absolute Gasteiger partial charge is 0.353 e. The molecule has 1 amide bonds. The van der Waals surface area contributed by atoms with E-state index in [1.165, 1.54) is 0 Å². The van der Waals surface area contributed by atoms with Gasteiger partial charge in [0.15, 0.2) is 0 Å². The number of hydrogen-bond acceptors (Lipinski definition) is 5. The minimum absolute atomic E-state index is 0.0225. The van der Waals surface area contributed by atoms with E-state index in [-0.39, 0.29) is 11.9 Å². The molecule has 0 aliphatic carbocycles. The minimum atomic E-state index is -0.371. The highest BCUT2D eigenvalue weighted by molar-refractivity contribution is 7.98. The van der Waals surface area contributed by atoms with Crippen LogP contribution < -0.4 is 11.1 Å². The molecule has 0 aromatic rings. The maximum atomic E-state index is 11.8. The van der Waals surface area contributed by atoms with Crippen molar-refractivity contribution in [2.75, 3.05) is 52.3 Å². The summed E-state index contributed by atoms with van der Waals surface area (Å²) in [5.74, 6) is 0.909. The third-order valence-electron chi connectivity index (χ3n) is 3.46. The number of amides is 1. The van der Waals surface area contributed by atoms with E-state index >= 15 is 0 Å². The van der Waals surface area contributed by atoms with Crippen molar-refractivity contribution in [1.29, 1.82) is 0 Å². The van der Waals surface area contributed by atoms with Crippen molar-refractivity contribution in [1.82, 2.24) is 15.1 Å². The summed E-state index contributed by atoms with van der Waals surface area (Å²) in [6, 6.07) is 0.0181. The number of nitrogens with one attached hydrogen (secondary N) is 1. The lowest BCUT2D eigenvalue weighted by atomic mass is 10.1. The summed E-state index contributed by atoms with van der Waals surface area (Å²) in [6.07, 6.45) is 2.77. The summed E-state index contributed by atoms with van der Waals surface area (Å²) in [7, 11) is 4.23. The van der Waals surface area contributed by atoms with Crippen molar-refractivity contribution in [3.05, 3.63) is 0 Å². The molecule has 3 N–H and O–H groups in total. The van der Waals surface area contributed by atoms with Gasteiger partial charge in [0, 0.05) is 32.2 Å². The van der Waals surface area contributed by atoms with Crippen LogP contribution in [0.2, 0.25) is 0 Å². The van der Waals surface area contributed by atoms with Gasteiger partial charge in [0.2, 0.25) is 5.91 Å². The molecule has 2 atom stereocenters. The Balaban J connectivity index is 2.28. The average molecular weight is 274 g/mol. The second kappa shape index (κ2) is 7.99. The number of carbonyl (C=O) groups is 1. The molecule has 1 unspecified atom stereocenters. The van der Waals surface area contributed by atoms with Crippen LogP contribution in [0, 0.1) is 0 Å². The fraction of sp³-hybridized carbons (Fsp3) is 0.917. The van der Waals surface area contributed by atoms with Gasteiger partial charge in [-0.05, 0) is 32.5 Å². The molecule has 1 aliphatic rings. The first-order chi connectivity index (χ1) is 8.54. The number of piperazine rings is 1. The van der Waals surface area contributed by atoms with Crippen molar-refractivity contribution < 1.29 is 4.79 Å². The molecule has 106 valence electrons. The van der Waals surface area contributed by atoms with Crippen LogP contribution in [0.15, 0.2) is 0 Å². The van der Waals surface area contributed by atoms with Crippen LogP contribution in [-0.2, 0) is 4.79 Å². The molecule has 6 heteroatoms. The Morgan fingerprint density at radius 2 is 2.22 bits per heavy atom. The zero-order valence-corrected chi connectivity index (χ0v) is 12.5. The van der Waals surface area contributed by atoms with Crippen LogP contribution in [0.1, 0.15) is 6.42 Å². The van der Waals surface area contributed by atoms with Crippen LogP contribution in [0.25, 0.3) is 0 Å². The van der Waals surface area contributed by atoms with Crippen molar-refractivity contribution in [2.45, 2.75) is 18.5 Å². The summed E-state index contributed by atoms with van der Waals surface area (Å²) in [5, 5.41) is 2.97. The van der Waals surface area contributed by atoms with E-state index in [0.29, 0.717) is 12.6 Å². The summed E-state index contributed by atoms with van der Waals surface area (Å²) >= 11 is 1.72. The number of thioether (sulfide) groups is 1. The highest BCUT2D eigenvalue weighted by Crippen LogP contribution is 2.05. The Labute approximate surface area is 114 Å². The molecule has 1 heterocycles.